The molecule has 0 radical (unpaired) electrons. The Morgan fingerprint density at radius 3 is 3.00 bits per heavy atom. The van der Waals surface area contributed by atoms with Crippen LogP contribution in [0.5, 0.6) is 0 Å². The molecule has 0 aliphatic carbocycles. The van der Waals surface area contributed by atoms with Crippen molar-refractivity contribution in [1.82, 2.24) is 9.88 Å². The number of nitriles is 1. The van der Waals surface area contributed by atoms with Crippen LogP contribution >= 0.6 is 0 Å². The van der Waals surface area contributed by atoms with Crippen LogP contribution in [0.15, 0.2) is 12.1 Å². The summed E-state index contributed by atoms with van der Waals surface area (Å²) in [5.74, 6) is -0.296. The molecule has 0 unspecified atom stereocenters. The Morgan fingerprint density at radius 2 is 2.37 bits per heavy atom. The third-order valence-corrected chi connectivity index (χ3v) is 3.08. The first-order valence-electron chi connectivity index (χ1n) is 6.20. The van der Waals surface area contributed by atoms with Crippen LogP contribution in [0.1, 0.15) is 23.2 Å². The van der Waals surface area contributed by atoms with E-state index in [1.54, 1.807) is 6.07 Å². The summed E-state index contributed by atoms with van der Waals surface area (Å²) in [6.07, 6.45) is 1.91. The van der Waals surface area contributed by atoms with Gasteiger partial charge in [0.05, 0.1) is 17.7 Å². The lowest BCUT2D eigenvalue weighted by Crippen LogP contribution is -2.54. The molecule has 0 amide bonds. The number of unbranched alkanes of at least 4 members (excludes halogenated alkanes) is 1. The van der Waals surface area contributed by atoms with Crippen molar-refractivity contribution >= 4 is 12.1 Å². The highest BCUT2D eigenvalue weighted by Gasteiger charge is 2.26. The Hall–Kier alpha value is -2.00. The number of halogens is 1. The van der Waals surface area contributed by atoms with Crippen molar-refractivity contribution in [3.8, 4) is 6.07 Å². The van der Waals surface area contributed by atoms with Crippen LogP contribution in [-0.2, 0) is 0 Å². The Bertz CT molecular complexity index is 494. The molecule has 2 heterocycles. The third-order valence-electron chi connectivity index (χ3n) is 3.08. The van der Waals surface area contributed by atoms with Crippen molar-refractivity contribution in [2.75, 3.05) is 25.0 Å². The molecule has 0 spiro atoms. The van der Waals surface area contributed by atoms with Crippen LogP contribution in [0.25, 0.3) is 0 Å². The Labute approximate surface area is 111 Å². The van der Waals surface area contributed by atoms with Crippen LogP contribution < -0.4 is 5.32 Å². The van der Waals surface area contributed by atoms with Gasteiger partial charge in [-0.3, -0.25) is 9.69 Å². The summed E-state index contributed by atoms with van der Waals surface area (Å²) in [6.45, 7) is 2.64. The van der Waals surface area contributed by atoms with Gasteiger partial charge in [-0.15, -0.1) is 0 Å². The molecule has 5 nitrogen and oxygen atoms in total. The predicted octanol–water partition coefficient (Wildman–Crippen LogP) is 1.43. The lowest BCUT2D eigenvalue weighted by molar-refractivity contribution is 0.111. The molecule has 6 heteroatoms. The lowest BCUT2D eigenvalue weighted by atomic mass is 10.1. The predicted molar refractivity (Wildman–Crippen MR) is 68.3 cm³/mol. The zero-order chi connectivity index (χ0) is 13.7. The SMILES string of the molecule is N#CCCCN1CC(Nc2ccc(C=O)c(F)n2)C1. The van der Waals surface area contributed by atoms with Gasteiger partial charge < -0.3 is 5.32 Å². The fraction of sp³-hybridized carbons (Fsp3) is 0.462. The highest BCUT2D eigenvalue weighted by molar-refractivity contribution is 5.74. The van der Waals surface area contributed by atoms with Crippen molar-refractivity contribution in [2.24, 2.45) is 0 Å². The van der Waals surface area contributed by atoms with Gasteiger partial charge in [0.1, 0.15) is 5.82 Å². The Balaban J connectivity index is 1.77. The van der Waals surface area contributed by atoms with Gasteiger partial charge in [0.2, 0.25) is 5.95 Å². The summed E-state index contributed by atoms with van der Waals surface area (Å²) in [5, 5.41) is 11.6. The second kappa shape index (κ2) is 6.25. The fourth-order valence-electron chi connectivity index (χ4n) is 2.05. The normalized spacial score (nSPS) is 15.6. The smallest absolute Gasteiger partial charge is 0.225 e. The summed E-state index contributed by atoms with van der Waals surface area (Å²) < 4.78 is 13.3. The molecule has 1 aromatic rings. The minimum Gasteiger partial charge on any atom is -0.365 e. The molecule has 2 rings (SSSR count). The molecule has 1 fully saturated rings. The van der Waals surface area contributed by atoms with E-state index in [2.05, 4.69) is 21.3 Å². The number of carbonyl (C=O) groups excluding carboxylic acids is 1. The summed E-state index contributed by atoms with van der Waals surface area (Å²) in [6, 6.07) is 5.38. The Morgan fingerprint density at radius 1 is 1.58 bits per heavy atom. The van der Waals surface area contributed by atoms with Gasteiger partial charge in [-0.1, -0.05) is 0 Å². The number of rotatable bonds is 6. The molecule has 0 saturated carbocycles. The number of aromatic nitrogens is 1. The minimum absolute atomic E-state index is 0.0303. The number of hydrogen-bond donors (Lipinski definition) is 1. The number of nitrogens with one attached hydrogen (secondary N) is 1. The standard InChI is InChI=1S/C13H15FN4O/c14-13-10(9-19)3-4-12(17-13)16-11-7-18(8-11)6-2-1-5-15/h3-4,9,11H,1-2,6-8H2,(H,16,17). The quantitative estimate of drug-likeness (QED) is 0.477. The maximum absolute atomic E-state index is 13.3. The van der Waals surface area contributed by atoms with E-state index < -0.39 is 5.95 Å². The van der Waals surface area contributed by atoms with E-state index in [1.165, 1.54) is 6.07 Å². The number of hydrogen-bond acceptors (Lipinski definition) is 5. The van der Waals surface area contributed by atoms with Gasteiger partial charge >= 0.3 is 0 Å². The van der Waals surface area contributed by atoms with Gasteiger partial charge in [0.25, 0.3) is 0 Å². The van der Waals surface area contributed by atoms with E-state index in [0.29, 0.717) is 18.5 Å². The molecule has 0 aromatic carbocycles. The topological polar surface area (TPSA) is 69.0 Å². The van der Waals surface area contributed by atoms with Gasteiger partial charge in [0, 0.05) is 19.5 Å². The second-order valence-electron chi connectivity index (χ2n) is 4.56. The molecule has 0 bridgehead atoms. The molecule has 1 aromatic heterocycles. The van der Waals surface area contributed by atoms with E-state index in [4.69, 9.17) is 5.26 Å². The molecular formula is C13H15FN4O. The second-order valence-corrected chi connectivity index (χ2v) is 4.56. The third kappa shape index (κ3) is 3.48. The molecular weight excluding hydrogens is 247 g/mol. The first-order valence-corrected chi connectivity index (χ1v) is 6.20. The van der Waals surface area contributed by atoms with Crippen molar-refractivity contribution in [2.45, 2.75) is 18.9 Å². The van der Waals surface area contributed by atoms with E-state index >= 15 is 0 Å². The van der Waals surface area contributed by atoms with Crippen molar-refractivity contribution in [3.63, 3.8) is 0 Å². The number of pyridine rings is 1. The maximum Gasteiger partial charge on any atom is 0.225 e. The summed E-state index contributed by atoms with van der Waals surface area (Å²) in [7, 11) is 0. The zero-order valence-corrected chi connectivity index (χ0v) is 10.5. The van der Waals surface area contributed by atoms with Gasteiger partial charge in [-0.05, 0) is 25.1 Å². The monoisotopic (exact) mass is 262 g/mol. The van der Waals surface area contributed by atoms with E-state index in [1.807, 2.05) is 0 Å². The lowest BCUT2D eigenvalue weighted by Gasteiger charge is -2.39. The van der Waals surface area contributed by atoms with Crippen molar-refractivity contribution < 1.29 is 9.18 Å². The number of aldehydes is 1. The Kier molecular flexibility index (Phi) is 4.42. The number of nitrogens with zero attached hydrogens (tertiary/aromatic N) is 3. The minimum atomic E-state index is -0.745. The van der Waals surface area contributed by atoms with Crippen molar-refractivity contribution in [1.29, 1.82) is 5.26 Å². The van der Waals surface area contributed by atoms with E-state index in [0.717, 1.165) is 26.1 Å². The average Bonchev–Trinajstić information content (AvgIpc) is 2.36. The van der Waals surface area contributed by atoms with Crippen LogP contribution in [0.3, 0.4) is 0 Å². The van der Waals surface area contributed by atoms with Crippen LogP contribution in [0.2, 0.25) is 0 Å². The molecule has 0 atom stereocenters. The van der Waals surface area contributed by atoms with Crippen LogP contribution in [-0.4, -0.2) is 41.8 Å². The van der Waals surface area contributed by atoms with Crippen molar-refractivity contribution in [3.05, 3.63) is 23.6 Å². The molecule has 100 valence electrons. The van der Waals surface area contributed by atoms with E-state index in [9.17, 15) is 9.18 Å². The molecule has 1 N–H and O–H groups in total. The molecule has 1 saturated heterocycles. The zero-order valence-electron chi connectivity index (χ0n) is 10.5. The molecule has 1 aliphatic rings. The van der Waals surface area contributed by atoms with Crippen LogP contribution in [0, 0.1) is 17.3 Å². The van der Waals surface area contributed by atoms with Gasteiger partial charge in [0.15, 0.2) is 6.29 Å². The fourth-order valence-corrected chi connectivity index (χ4v) is 2.05. The summed E-state index contributed by atoms with van der Waals surface area (Å²) in [4.78, 5) is 16.4. The maximum atomic E-state index is 13.3. The number of anilines is 1. The molecule has 1 aliphatic heterocycles. The highest BCUT2D eigenvalue weighted by Crippen LogP contribution is 2.15. The first-order chi connectivity index (χ1) is 9.22. The largest absolute Gasteiger partial charge is 0.365 e. The van der Waals surface area contributed by atoms with E-state index in [-0.39, 0.29) is 11.6 Å². The summed E-state index contributed by atoms with van der Waals surface area (Å²) >= 11 is 0. The highest BCUT2D eigenvalue weighted by atomic mass is 19.1. The number of likely N-dealkylation sites (tertiary alicyclic amines) is 1. The van der Waals surface area contributed by atoms with Gasteiger partial charge in [-0.25, -0.2) is 4.98 Å². The molecule has 19 heavy (non-hydrogen) atoms. The van der Waals surface area contributed by atoms with Crippen LogP contribution in [0.4, 0.5) is 10.2 Å². The number of carbonyl (C=O) groups is 1. The average molecular weight is 262 g/mol. The first kappa shape index (κ1) is 13.4. The van der Waals surface area contributed by atoms with Gasteiger partial charge in [-0.2, -0.15) is 9.65 Å². The summed E-state index contributed by atoms with van der Waals surface area (Å²) in [5.41, 5.74) is -0.0303.